The van der Waals surface area contributed by atoms with E-state index in [0.29, 0.717) is 0 Å². The molecule has 0 atom stereocenters. The van der Waals surface area contributed by atoms with Crippen molar-refractivity contribution in [2.24, 2.45) is 0 Å². The number of aromatic nitrogens is 2. The Morgan fingerprint density at radius 1 is 1.44 bits per heavy atom. The lowest BCUT2D eigenvalue weighted by molar-refractivity contribution is -0.116. The molecule has 2 aromatic rings. The van der Waals surface area contributed by atoms with Crippen LogP contribution in [-0.2, 0) is 11.3 Å². The fourth-order valence-electron chi connectivity index (χ4n) is 1.48. The van der Waals surface area contributed by atoms with Crippen molar-refractivity contribution in [2.45, 2.75) is 13.5 Å². The molecule has 4 nitrogen and oxygen atoms in total. The second kappa shape index (κ2) is 4.95. The molecule has 0 bridgehead atoms. The minimum atomic E-state index is -0.679. The summed E-state index contributed by atoms with van der Waals surface area (Å²) in [5.74, 6) is -1.76. The van der Waals surface area contributed by atoms with Crippen LogP contribution in [0.4, 0.5) is 14.5 Å². The van der Waals surface area contributed by atoms with Crippen molar-refractivity contribution >= 4 is 11.6 Å². The van der Waals surface area contributed by atoms with E-state index in [9.17, 15) is 13.6 Å². The molecule has 0 aliphatic rings. The second-order valence-corrected chi connectivity index (χ2v) is 3.89. The van der Waals surface area contributed by atoms with Gasteiger partial charge in [0.1, 0.15) is 18.2 Å². The molecule has 1 aromatic heterocycles. The third-order valence-electron chi connectivity index (χ3n) is 2.27. The first-order valence-electron chi connectivity index (χ1n) is 5.28. The van der Waals surface area contributed by atoms with Gasteiger partial charge in [-0.25, -0.2) is 8.78 Å². The van der Waals surface area contributed by atoms with Crippen molar-refractivity contribution in [1.29, 1.82) is 0 Å². The zero-order valence-corrected chi connectivity index (χ0v) is 9.65. The van der Waals surface area contributed by atoms with Gasteiger partial charge in [-0.15, -0.1) is 0 Å². The molecule has 2 rings (SSSR count). The number of rotatable bonds is 3. The van der Waals surface area contributed by atoms with Gasteiger partial charge in [0.25, 0.3) is 0 Å². The van der Waals surface area contributed by atoms with E-state index in [1.807, 2.05) is 6.92 Å². The van der Waals surface area contributed by atoms with Crippen LogP contribution < -0.4 is 5.32 Å². The number of nitrogens with zero attached hydrogens (tertiary/aromatic N) is 2. The van der Waals surface area contributed by atoms with Gasteiger partial charge in [0.15, 0.2) is 0 Å². The summed E-state index contributed by atoms with van der Waals surface area (Å²) in [5, 5.41) is 6.22. The standard InChI is InChI=1S/C12H11F2N3O/c1-8-5-15-17(6-8)7-12(18)16-11-4-9(13)2-3-10(11)14/h2-6H,7H2,1H3,(H,16,18). The van der Waals surface area contributed by atoms with Gasteiger partial charge in [-0.05, 0) is 24.6 Å². The molecule has 94 valence electrons. The monoisotopic (exact) mass is 251 g/mol. The largest absolute Gasteiger partial charge is 0.322 e. The Hall–Kier alpha value is -2.24. The van der Waals surface area contributed by atoms with E-state index in [0.717, 1.165) is 23.8 Å². The first-order valence-corrected chi connectivity index (χ1v) is 5.28. The van der Waals surface area contributed by atoms with Gasteiger partial charge in [0, 0.05) is 12.3 Å². The number of carbonyl (C=O) groups excluding carboxylic acids is 1. The van der Waals surface area contributed by atoms with E-state index in [4.69, 9.17) is 0 Å². The summed E-state index contributed by atoms with van der Waals surface area (Å²) in [6.07, 6.45) is 3.29. The van der Waals surface area contributed by atoms with Gasteiger partial charge in [-0.2, -0.15) is 5.10 Å². The number of aryl methyl sites for hydroxylation is 1. The quantitative estimate of drug-likeness (QED) is 0.908. The maximum atomic E-state index is 13.3. The third kappa shape index (κ3) is 2.91. The summed E-state index contributed by atoms with van der Waals surface area (Å²) >= 11 is 0. The fourth-order valence-corrected chi connectivity index (χ4v) is 1.48. The Morgan fingerprint density at radius 2 is 2.22 bits per heavy atom. The number of nitrogens with one attached hydrogen (secondary N) is 1. The number of halogens is 2. The van der Waals surface area contributed by atoms with E-state index in [1.165, 1.54) is 4.68 Å². The topological polar surface area (TPSA) is 46.9 Å². The molecule has 0 aliphatic heterocycles. The first-order chi connectivity index (χ1) is 8.54. The van der Waals surface area contributed by atoms with E-state index in [-0.39, 0.29) is 12.2 Å². The van der Waals surface area contributed by atoms with Crippen molar-refractivity contribution in [1.82, 2.24) is 9.78 Å². The van der Waals surface area contributed by atoms with Gasteiger partial charge < -0.3 is 5.32 Å². The third-order valence-corrected chi connectivity index (χ3v) is 2.27. The van der Waals surface area contributed by atoms with Crippen LogP contribution in [0, 0.1) is 18.6 Å². The summed E-state index contributed by atoms with van der Waals surface area (Å²) in [6.45, 7) is 1.79. The summed E-state index contributed by atoms with van der Waals surface area (Å²) in [4.78, 5) is 11.6. The van der Waals surface area contributed by atoms with Crippen LogP contribution in [0.3, 0.4) is 0 Å². The molecule has 1 heterocycles. The lowest BCUT2D eigenvalue weighted by atomic mass is 10.3. The van der Waals surface area contributed by atoms with Gasteiger partial charge in [-0.1, -0.05) is 0 Å². The van der Waals surface area contributed by atoms with Crippen molar-refractivity contribution < 1.29 is 13.6 Å². The highest BCUT2D eigenvalue weighted by molar-refractivity contribution is 5.90. The maximum Gasteiger partial charge on any atom is 0.246 e. The molecule has 18 heavy (non-hydrogen) atoms. The smallest absolute Gasteiger partial charge is 0.246 e. The van der Waals surface area contributed by atoms with E-state index >= 15 is 0 Å². The van der Waals surface area contributed by atoms with Crippen LogP contribution in [0.25, 0.3) is 0 Å². The summed E-state index contributed by atoms with van der Waals surface area (Å²) in [7, 11) is 0. The molecule has 0 unspecified atom stereocenters. The SMILES string of the molecule is Cc1cnn(CC(=O)Nc2cc(F)ccc2F)c1. The van der Waals surface area contributed by atoms with Crippen LogP contribution >= 0.6 is 0 Å². The summed E-state index contributed by atoms with van der Waals surface area (Å²) in [5.41, 5.74) is 0.739. The summed E-state index contributed by atoms with van der Waals surface area (Å²) in [6, 6.07) is 2.88. The average Bonchev–Trinajstić information content (AvgIpc) is 2.69. The molecular formula is C12H11F2N3O. The number of hydrogen-bond donors (Lipinski definition) is 1. The molecule has 0 saturated heterocycles. The highest BCUT2D eigenvalue weighted by Crippen LogP contribution is 2.15. The predicted molar refractivity (Wildman–Crippen MR) is 62.0 cm³/mol. The Bertz CT molecular complexity index is 580. The molecule has 1 N–H and O–H groups in total. The number of carbonyl (C=O) groups is 1. The number of hydrogen-bond acceptors (Lipinski definition) is 2. The van der Waals surface area contributed by atoms with Gasteiger partial charge in [-0.3, -0.25) is 9.48 Å². The highest BCUT2D eigenvalue weighted by atomic mass is 19.1. The minimum Gasteiger partial charge on any atom is -0.322 e. The molecule has 0 radical (unpaired) electrons. The Labute approximate surface area is 102 Å². The molecule has 1 aromatic carbocycles. The number of amides is 1. The maximum absolute atomic E-state index is 13.3. The molecule has 0 spiro atoms. The Balaban J connectivity index is 2.05. The van der Waals surface area contributed by atoms with Crippen LogP contribution in [-0.4, -0.2) is 15.7 Å². The molecule has 1 amide bonds. The molecular weight excluding hydrogens is 240 g/mol. The predicted octanol–water partition coefficient (Wildman–Crippen LogP) is 2.11. The van der Waals surface area contributed by atoms with Gasteiger partial charge >= 0.3 is 0 Å². The molecule has 6 heteroatoms. The lowest BCUT2D eigenvalue weighted by Gasteiger charge is -2.06. The Morgan fingerprint density at radius 3 is 2.89 bits per heavy atom. The van der Waals surface area contributed by atoms with Crippen molar-refractivity contribution in [3.8, 4) is 0 Å². The normalized spacial score (nSPS) is 10.4. The number of anilines is 1. The first kappa shape index (κ1) is 12.2. The average molecular weight is 251 g/mol. The van der Waals surface area contributed by atoms with E-state index in [2.05, 4.69) is 10.4 Å². The van der Waals surface area contributed by atoms with Crippen LogP contribution in [0.1, 0.15) is 5.56 Å². The lowest BCUT2D eigenvalue weighted by Crippen LogP contribution is -2.19. The minimum absolute atomic E-state index is 0.0518. The molecule has 0 fully saturated rings. The zero-order valence-electron chi connectivity index (χ0n) is 9.65. The van der Waals surface area contributed by atoms with Gasteiger partial charge in [0.05, 0.1) is 11.9 Å². The molecule has 0 aliphatic carbocycles. The van der Waals surface area contributed by atoms with E-state index in [1.54, 1.807) is 12.4 Å². The van der Waals surface area contributed by atoms with Crippen LogP contribution in [0.2, 0.25) is 0 Å². The van der Waals surface area contributed by atoms with Crippen molar-refractivity contribution in [3.05, 3.63) is 47.8 Å². The number of benzene rings is 1. The van der Waals surface area contributed by atoms with E-state index < -0.39 is 17.5 Å². The highest BCUT2D eigenvalue weighted by Gasteiger charge is 2.09. The van der Waals surface area contributed by atoms with Crippen molar-refractivity contribution in [2.75, 3.05) is 5.32 Å². The van der Waals surface area contributed by atoms with Crippen LogP contribution in [0.15, 0.2) is 30.6 Å². The second-order valence-electron chi connectivity index (χ2n) is 3.89. The fraction of sp³-hybridized carbons (Fsp3) is 0.167. The van der Waals surface area contributed by atoms with Gasteiger partial charge in [0.2, 0.25) is 5.91 Å². The summed E-state index contributed by atoms with van der Waals surface area (Å²) < 4.78 is 27.6. The van der Waals surface area contributed by atoms with Crippen molar-refractivity contribution in [3.63, 3.8) is 0 Å². The zero-order chi connectivity index (χ0) is 13.1. The Kier molecular flexibility index (Phi) is 3.36. The van der Waals surface area contributed by atoms with Crippen LogP contribution in [0.5, 0.6) is 0 Å². The molecule has 0 saturated carbocycles.